The van der Waals surface area contributed by atoms with Gasteiger partial charge in [-0.25, -0.2) is 0 Å². The third-order valence-corrected chi connectivity index (χ3v) is 3.51. The molecular weight excluding hydrogens is 304 g/mol. The fourth-order valence-corrected chi connectivity index (χ4v) is 2.21. The average Bonchev–Trinajstić information content (AvgIpc) is 2.57. The molecule has 0 spiro atoms. The Morgan fingerprint density at radius 1 is 0.957 bits per heavy atom. The van der Waals surface area contributed by atoms with E-state index in [1.54, 1.807) is 0 Å². The maximum atomic E-state index is 5.29. The molecule has 0 saturated heterocycles. The summed E-state index contributed by atoms with van der Waals surface area (Å²) < 4.78 is 0. The lowest BCUT2D eigenvalue weighted by Crippen LogP contribution is -3.06. The zero-order valence-corrected chi connectivity index (χ0v) is 14.4. The summed E-state index contributed by atoms with van der Waals surface area (Å²) in [7, 11) is 4.22. The fraction of sp³-hybridized carbons (Fsp3) is 0.222. The van der Waals surface area contributed by atoms with Crippen LogP contribution in [0.25, 0.3) is 0 Å². The van der Waals surface area contributed by atoms with Crippen LogP contribution in [0.15, 0.2) is 65.8 Å². The number of quaternary nitrogens is 1. The van der Waals surface area contributed by atoms with E-state index in [0.717, 1.165) is 29.9 Å². The number of rotatable bonds is 6. The molecule has 120 valence electrons. The first-order valence-corrected chi connectivity index (χ1v) is 8.09. The summed E-state index contributed by atoms with van der Waals surface area (Å²) in [5.74, 6) is 0. The highest BCUT2D eigenvalue weighted by atomic mass is 32.1. The van der Waals surface area contributed by atoms with Crippen LogP contribution in [0.2, 0.25) is 0 Å². The molecule has 2 rings (SSSR count). The summed E-state index contributed by atoms with van der Waals surface area (Å²) in [6, 6.07) is 20.2. The molecule has 0 fully saturated rings. The minimum atomic E-state index is 0.538. The standard InChI is InChI=1S/C18H22N4S/c1-22(2)14-13-19-18(23)21-20-17(15-9-5-3-6-10-15)16-11-7-4-8-12-16/h3-12H,13-14H2,1-2H3,(H2,19,21,23)/p+1. The van der Waals surface area contributed by atoms with E-state index in [9.17, 15) is 0 Å². The first-order valence-electron chi connectivity index (χ1n) is 7.68. The minimum Gasteiger partial charge on any atom is -0.356 e. The van der Waals surface area contributed by atoms with Gasteiger partial charge in [-0.1, -0.05) is 60.7 Å². The molecule has 2 aromatic carbocycles. The van der Waals surface area contributed by atoms with Gasteiger partial charge in [0.15, 0.2) is 5.11 Å². The monoisotopic (exact) mass is 327 g/mol. The SMILES string of the molecule is C[NH+](C)CCNC(=S)NN=C(c1ccccc1)c1ccccc1. The molecule has 0 aliphatic carbocycles. The Balaban J connectivity index is 2.10. The van der Waals surface area contributed by atoms with E-state index < -0.39 is 0 Å². The molecular formula is C18H23N4S+. The van der Waals surface area contributed by atoms with Crippen LogP contribution in [0, 0.1) is 0 Å². The van der Waals surface area contributed by atoms with Crippen LogP contribution in [-0.4, -0.2) is 38.0 Å². The Morgan fingerprint density at radius 2 is 1.48 bits per heavy atom. The predicted molar refractivity (Wildman–Crippen MR) is 99.9 cm³/mol. The van der Waals surface area contributed by atoms with Crippen molar-refractivity contribution < 1.29 is 4.90 Å². The second kappa shape index (κ2) is 9.02. The average molecular weight is 327 g/mol. The van der Waals surface area contributed by atoms with Crippen molar-refractivity contribution in [3.05, 3.63) is 71.8 Å². The molecule has 0 heterocycles. The van der Waals surface area contributed by atoms with Gasteiger partial charge in [-0.2, -0.15) is 5.10 Å². The van der Waals surface area contributed by atoms with Crippen LogP contribution in [-0.2, 0) is 0 Å². The summed E-state index contributed by atoms with van der Waals surface area (Å²) in [5, 5.41) is 8.22. The van der Waals surface area contributed by atoms with Gasteiger partial charge in [0.2, 0.25) is 0 Å². The second-order valence-corrected chi connectivity index (χ2v) is 5.93. The van der Waals surface area contributed by atoms with Crippen molar-refractivity contribution in [1.29, 1.82) is 0 Å². The molecule has 0 radical (unpaired) electrons. The summed E-state index contributed by atoms with van der Waals surface area (Å²) in [4.78, 5) is 1.37. The van der Waals surface area contributed by atoms with Gasteiger partial charge in [0.05, 0.1) is 32.9 Å². The Labute approximate surface area is 143 Å². The Morgan fingerprint density at radius 3 is 1.96 bits per heavy atom. The lowest BCUT2D eigenvalue weighted by atomic mass is 10.0. The molecule has 0 aromatic heterocycles. The third-order valence-electron chi connectivity index (χ3n) is 3.27. The first-order chi connectivity index (χ1) is 11.2. The maximum absolute atomic E-state index is 5.29. The molecule has 23 heavy (non-hydrogen) atoms. The van der Waals surface area contributed by atoms with Crippen molar-refractivity contribution in [3.8, 4) is 0 Å². The molecule has 0 atom stereocenters. The van der Waals surface area contributed by atoms with Crippen LogP contribution in [0.5, 0.6) is 0 Å². The van der Waals surface area contributed by atoms with Crippen molar-refractivity contribution in [2.75, 3.05) is 27.2 Å². The number of hydrogen-bond acceptors (Lipinski definition) is 2. The van der Waals surface area contributed by atoms with Crippen LogP contribution >= 0.6 is 12.2 Å². The molecule has 0 aliphatic heterocycles. The molecule has 0 amide bonds. The van der Waals surface area contributed by atoms with Gasteiger partial charge < -0.3 is 10.2 Å². The molecule has 3 N–H and O–H groups in total. The van der Waals surface area contributed by atoms with Crippen molar-refractivity contribution in [3.63, 3.8) is 0 Å². The fourth-order valence-electron chi connectivity index (χ4n) is 2.06. The number of likely N-dealkylation sites (N-methyl/N-ethyl adjacent to an activating group) is 1. The lowest BCUT2D eigenvalue weighted by Gasteiger charge is -2.11. The van der Waals surface area contributed by atoms with Crippen molar-refractivity contribution in [2.45, 2.75) is 0 Å². The molecule has 0 unspecified atom stereocenters. The molecule has 0 bridgehead atoms. The molecule has 2 aromatic rings. The normalized spacial score (nSPS) is 10.2. The number of hydrogen-bond donors (Lipinski definition) is 3. The molecule has 4 nitrogen and oxygen atoms in total. The number of thiocarbonyl (C=S) groups is 1. The molecule has 0 saturated carbocycles. The van der Waals surface area contributed by atoms with Crippen LogP contribution in [0.1, 0.15) is 11.1 Å². The summed E-state index contributed by atoms with van der Waals surface area (Å²) in [6.07, 6.45) is 0. The number of hydrazone groups is 1. The van der Waals surface area contributed by atoms with Gasteiger partial charge in [-0.3, -0.25) is 5.43 Å². The summed E-state index contributed by atoms with van der Waals surface area (Å²) in [5.41, 5.74) is 5.92. The third kappa shape index (κ3) is 5.81. The van der Waals surface area contributed by atoms with Crippen molar-refractivity contribution in [1.82, 2.24) is 10.7 Å². The summed E-state index contributed by atoms with van der Waals surface area (Å²) in [6.45, 7) is 1.81. The van der Waals surface area contributed by atoms with Gasteiger partial charge in [0.1, 0.15) is 0 Å². The number of nitrogens with one attached hydrogen (secondary N) is 3. The highest BCUT2D eigenvalue weighted by molar-refractivity contribution is 7.80. The smallest absolute Gasteiger partial charge is 0.187 e. The Hall–Kier alpha value is -2.24. The van der Waals surface area contributed by atoms with Crippen LogP contribution in [0.4, 0.5) is 0 Å². The Kier molecular flexibility index (Phi) is 6.72. The quantitative estimate of drug-likeness (QED) is 0.422. The van der Waals surface area contributed by atoms with Gasteiger partial charge in [0.25, 0.3) is 0 Å². The van der Waals surface area contributed by atoms with Crippen molar-refractivity contribution >= 4 is 23.0 Å². The van der Waals surface area contributed by atoms with E-state index in [2.05, 4.69) is 29.9 Å². The predicted octanol–water partition coefficient (Wildman–Crippen LogP) is 1.05. The highest BCUT2D eigenvalue weighted by Gasteiger charge is 2.06. The van der Waals surface area contributed by atoms with E-state index in [0.29, 0.717) is 5.11 Å². The van der Waals surface area contributed by atoms with E-state index in [4.69, 9.17) is 12.2 Å². The van der Waals surface area contributed by atoms with Crippen LogP contribution < -0.4 is 15.6 Å². The van der Waals surface area contributed by atoms with Crippen molar-refractivity contribution in [2.24, 2.45) is 5.10 Å². The number of nitrogens with zero attached hydrogens (tertiary/aromatic N) is 1. The molecule has 0 aliphatic rings. The topological polar surface area (TPSA) is 40.9 Å². The zero-order chi connectivity index (χ0) is 16.5. The highest BCUT2D eigenvalue weighted by Crippen LogP contribution is 2.10. The van der Waals surface area contributed by atoms with Crippen LogP contribution in [0.3, 0.4) is 0 Å². The largest absolute Gasteiger partial charge is 0.356 e. The van der Waals surface area contributed by atoms with Gasteiger partial charge in [-0.05, 0) is 12.2 Å². The lowest BCUT2D eigenvalue weighted by molar-refractivity contribution is -0.856. The van der Waals surface area contributed by atoms with Gasteiger partial charge in [-0.15, -0.1) is 0 Å². The van der Waals surface area contributed by atoms with Gasteiger partial charge >= 0.3 is 0 Å². The number of benzene rings is 2. The van der Waals surface area contributed by atoms with Gasteiger partial charge in [0, 0.05) is 11.1 Å². The van der Waals surface area contributed by atoms with E-state index in [1.807, 2.05) is 60.7 Å². The molecule has 5 heteroatoms. The summed E-state index contributed by atoms with van der Waals surface area (Å²) >= 11 is 5.29. The minimum absolute atomic E-state index is 0.538. The van der Waals surface area contributed by atoms with E-state index in [-0.39, 0.29) is 0 Å². The first kappa shape index (κ1) is 17.1. The van der Waals surface area contributed by atoms with E-state index >= 15 is 0 Å². The maximum Gasteiger partial charge on any atom is 0.187 e. The second-order valence-electron chi connectivity index (χ2n) is 5.52. The zero-order valence-electron chi connectivity index (χ0n) is 13.5. The van der Waals surface area contributed by atoms with E-state index in [1.165, 1.54) is 4.90 Å². The Bertz CT molecular complexity index is 597.